The second-order valence-electron chi connectivity index (χ2n) is 4.15. The Morgan fingerprint density at radius 3 is 3.00 bits per heavy atom. The minimum absolute atomic E-state index is 0.690. The van der Waals surface area contributed by atoms with E-state index in [-0.39, 0.29) is 0 Å². The molecule has 0 saturated heterocycles. The summed E-state index contributed by atoms with van der Waals surface area (Å²) in [6, 6.07) is 0.690. The molecule has 1 saturated carbocycles. The maximum atomic E-state index is 3.38. The lowest BCUT2D eigenvalue weighted by Gasteiger charge is -2.25. The van der Waals surface area contributed by atoms with Crippen LogP contribution in [-0.2, 0) is 0 Å². The molecule has 0 aliphatic heterocycles. The third-order valence-corrected chi connectivity index (χ3v) is 3.10. The zero-order valence-corrected chi connectivity index (χ0v) is 7.43. The number of hydrogen-bond donors (Lipinski definition) is 1. The van der Waals surface area contributed by atoms with Gasteiger partial charge in [0.25, 0.3) is 0 Å². The van der Waals surface area contributed by atoms with Gasteiger partial charge in [0.2, 0.25) is 0 Å². The second-order valence-corrected chi connectivity index (χ2v) is 4.15. The first-order valence-corrected chi connectivity index (χ1v) is 4.66. The molecule has 0 amide bonds. The first kappa shape index (κ1) is 7.35. The summed E-state index contributed by atoms with van der Waals surface area (Å²) in [5.41, 5.74) is 1.70. The second kappa shape index (κ2) is 2.63. The Morgan fingerprint density at radius 2 is 2.27 bits per heavy atom. The molecule has 2 aliphatic rings. The first-order chi connectivity index (χ1) is 5.29. The molecule has 1 nitrogen and oxygen atoms in total. The van der Waals surface area contributed by atoms with Crippen LogP contribution in [0.15, 0.2) is 11.6 Å². The van der Waals surface area contributed by atoms with Crippen LogP contribution in [0.4, 0.5) is 0 Å². The van der Waals surface area contributed by atoms with Crippen LogP contribution >= 0.6 is 0 Å². The summed E-state index contributed by atoms with van der Waals surface area (Å²) in [5.74, 6) is 1.84. The van der Waals surface area contributed by atoms with E-state index in [1.54, 1.807) is 5.57 Å². The maximum absolute atomic E-state index is 3.38. The van der Waals surface area contributed by atoms with Crippen LogP contribution in [0.3, 0.4) is 0 Å². The molecule has 0 spiro atoms. The molecule has 0 aromatic heterocycles. The van der Waals surface area contributed by atoms with E-state index in [2.05, 4.69) is 25.4 Å². The molecule has 3 unspecified atom stereocenters. The standard InChI is InChI=1S/C10H17N/c1-7-3-8-5-9(4-7)10(6-8)11-2/h6-7,9-11H,3-5H2,1-2H3. The lowest BCUT2D eigenvalue weighted by Crippen LogP contribution is -2.29. The van der Waals surface area contributed by atoms with Crippen LogP contribution in [0.2, 0.25) is 0 Å². The Bertz CT molecular complexity index is 183. The van der Waals surface area contributed by atoms with E-state index in [9.17, 15) is 0 Å². The largest absolute Gasteiger partial charge is 0.313 e. The normalized spacial score (nSPS) is 42.4. The number of allylic oxidation sites excluding steroid dienone is 1. The van der Waals surface area contributed by atoms with Gasteiger partial charge in [0, 0.05) is 6.04 Å². The van der Waals surface area contributed by atoms with E-state index in [0.717, 1.165) is 11.8 Å². The highest BCUT2D eigenvalue weighted by Gasteiger charge is 2.32. The van der Waals surface area contributed by atoms with Gasteiger partial charge >= 0.3 is 0 Å². The van der Waals surface area contributed by atoms with E-state index in [1.807, 2.05) is 0 Å². The fraction of sp³-hybridized carbons (Fsp3) is 0.800. The Hall–Kier alpha value is -0.300. The first-order valence-electron chi connectivity index (χ1n) is 4.66. The molecule has 1 fully saturated rings. The molecule has 0 heterocycles. The average molecular weight is 151 g/mol. The van der Waals surface area contributed by atoms with E-state index in [1.165, 1.54) is 19.3 Å². The summed E-state index contributed by atoms with van der Waals surface area (Å²) in [4.78, 5) is 0. The van der Waals surface area contributed by atoms with Crippen molar-refractivity contribution in [3.63, 3.8) is 0 Å². The molecular formula is C10H17N. The predicted molar refractivity (Wildman–Crippen MR) is 47.4 cm³/mol. The van der Waals surface area contributed by atoms with Crippen LogP contribution in [0.1, 0.15) is 26.2 Å². The minimum atomic E-state index is 0.690. The molecule has 62 valence electrons. The predicted octanol–water partition coefficient (Wildman–Crippen LogP) is 1.95. The summed E-state index contributed by atoms with van der Waals surface area (Å²) in [5, 5.41) is 3.38. The molecule has 0 aromatic rings. The highest BCUT2D eigenvalue weighted by atomic mass is 14.9. The highest BCUT2D eigenvalue weighted by molar-refractivity contribution is 5.20. The fourth-order valence-electron chi connectivity index (χ4n) is 2.67. The van der Waals surface area contributed by atoms with Crippen LogP contribution in [0, 0.1) is 11.8 Å². The van der Waals surface area contributed by atoms with Crippen molar-refractivity contribution >= 4 is 0 Å². The quantitative estimate of drug-likeness (QED) is 0.565. The number of likely N-dealkylation sites (N-methyl/N-ethyl adjacent to an activating group) is 1. The van der Waals surface area contributed by atoms with Crippen molar-refractivity contribution in [1.82, 2.24) is 5.32 Å². The molecule has 1 heteroatoms. The minimum Gasteiger partial charge on any atom is -0.313 e. The molecule has 2 aliphatic carbocycles. The smallest absolute Gasteiger partial charge is 0.0281 e. The van der Waals surface area contributed by atoms with Gasteiger partial charge < -0.3 is 5.32 Å². The highest BCUT2D eigenvalue weighted by Crippen LogP contribution is 2.40. The average Bonchev–Trinajstić information content (AvgIpc) is 2.25. The van der Waals surface area contributed by atoms with Gasteiger partial charge in [-0.3, -0.25) is 0 Å². The number of rotatable bonds is 1. The molecule has 3 atom stereocenters. The van der Waals surface area contributed by atoms with Crippen molar-refractivity contribution in [2.45, 2.75) is 32.2 Å². The lowest BCUT2D eigenvalue weighted by molar-refractivity contribution is 0.324. The molecule has 1 N–H and O–H groups in total. The van der Waals surface area contributed by atoms with Crippen molar-refractivity contribution in [2.24, 2.45) is 11.8 Å². The topological polar surface area (TPSA) is 12.0 Å². The van der Waals surface area contributed by atoms with Gasteiger partial charge in [0.15, 0.2) is 0 Å². The number of fused-ring (bicyclic) bond motifs is 2. The van der Waals surface area contributed by atoms with Gasteiger partial charge in [-0.05, 0) is 38.1 Å². The molecule has 2 bridgehead atoms. The summed E-state index contributed by atoms with van der Waals surface area (Å²) in [7, 11) is 2.08. The lowest BCUT2D eigenvalue weighted by atomic mass is 9.82. The van der Waals surface area contributed by atoms with Crippen molar-refractivity contribution in [3.05, 3.63) is 11.6 Å². The van der Waals surface area contributed by atoms with E-state index in [0.29, 0.717) is 6.04 Å². The van der Waals surface area contributed by atoms with Crippen molar-refractivity contribution < 1.29 is 0 Å². The van der Waals surface area contributed by atoms with Gasteiger partial charge in [0.1, 0.15) is 0 Å². The fourth-order valence-corrected chi connectivity index (χ4v) is 2.67. The molecule has 0 aromatic carbocycles. The Labute approximate surface area is 68.9 Å². The number of hydrogen-bond acceptors (Lipinski definition) is 1. The third-order valence-electron chi connectivity index (χ3n) is 3.10. The van der Waals surface area contributed by atoms with Gasteiger partial charge in [-0.25, -0.2) is 0 Å². The van der Waals surface area contributed by atoms with Gasteiger partial charge in [-0.2, -0.15) is 0 Å². The Balaban J connectivity index is 2.11. The SMILES string of the molecule is CNC1C=C2CC(C)CC1C2. The van der Waals surface area contributed by atoms with Crippen molar-refractivity contribution in [3.8, 4) is 0 Å². The van der Waals surface area contributed by atoms with Gasteiger partial charge in [0.05, 0.1) is 0 Å². The number of nitrogens with one attached hydrogen (secondary N) is 1. The van der Waals surface area contributed by atoms with Gasteiger partial charge in [-0.15, -0.1) is 0 Å². The molecule has 0 radical (unpaired) electrons. The summed E-state index contributed by atoms with van der Waals surface area (Å²) >= 11 is 0. The van der Waals surface area contributed by atoms with Crippen LogP contribution < -0.4 is 5.32 Å². The zero-order chi connectivity index (χ0) is 7.84. The zero-order valence-electron chi connectivity index (χ0n) is 7.43. The van der Waals surface area contributed by atoms with Crippen LogP contribution in [0.5, 0.6) is 0 Å². The molecule has 2 rings (SSSR count). The van der Waals surface area contributed by atoms with Crippen molar-refractivity contribution in [2.75, 3.05) is 7.05 Å². The summed E-state index contributed by atoms with van der Waals surface area (Å²) in [6.07, 6.45) is 6.60. The molecular weight excluding hydrogens is 134 g/mol. The van der Waals surface area contributed by atoms with Crippen molar-refractivity contribution in [1.29, 1.82) is 0 Å². The molecule has 11 heavy (non-hydrogen) atoms. The monoisotopic (exact) mass is 151 g/mol. The van der Waals surface area contributed by atoms with E-state index >= 15 is 0 Å². The van der Waals surface area contributed by atoms with E-state index in [4.69, 9.17) is 0 Å². The van der Waals surface area contributed by atoms with Gasteiger partial charge in [-0.1, -0.05) is 18.6 Å². The van der Waals surface area contributed by atoms with Crippen LogP contribution in [0.25, 0.3) is 0 Å². The van der Waals surface area contributed by atoms with Crippen LogP contribution in [-0.4, -0.2) is 13.1 Å². The maximum Gasteiger partial charge on any atom is 0.0281 e. The Morgan fingerprint density at radius 1 is 1.45 bits per heavy atom. The van der Waals surface area contributed by atoms with E-state index < -0.39 is 0 Å². The summed E-state index contributed by atoms with van der Waals surface area (Å²) in [6.45, 7) is 2.37. The third kappa shape index (κ3) is 1.22. The summed E-state index contributed by atoms with van der Waals surface area (Å²) < 4.78 is 0. The Kier molecular flexibility index (Phi) is 1.76.